The topological polar surface area (TPSA) is 66.3 Å². The Labute approximate surface area is 146 Å². The largest absolute Gasteiger partial charge is 0.347 e. The molecule has 3 heterocycles. The predicted molar refractivity (Wildman–Crippen MR) is 98.8 cm³/mol. The Morgan fingerprint density at radius 2 is 1.92 bits per heavy atom. The summed E-state index contributed by atoms with van der Waals surface area (Å²) in [6, 6.07) is 16.0. The monoisotopic (exact) mass is 330 g/mol. The van der Waals surface area contributed by atoms with Gasteiger partial charge in [-0.05, 0) is 37.3 Å². The van der Waals surface area contributed by atoms with Gasteiger partial charge in [-0.1, -0.05) is 18.2 Å². The van der Waals surface area contributed by atoms with Crippen LogP contribution in [-0.4, -0.2) is 27.8 Å². The molecule has 0 bridgehead atoms. The number of hydrogen-bond acceptors (Lipinski definition) is 6. The standard InChI is InChI=1S/C19H18N6/c1-13-6-5-8-15(22-13)19-24-18(23-17-10-11-20-12-21-17)14-7-3-4-9-16(14)25(19)2/h3-12,19H,1-2H3,(H,20,21,23,24). The van der Waals surface area contributed by atoms with Crippen molar-refractivity contribution in [3.63, 3.8) is 0 Å². The molecule has 1 aliphatic rings. The Hall–Kier alpha value is -3.28. The highest BCUT2D eigenvalue weighted by Gasteiger charge is 2.27. The number of anilines is 2. The van der Waals surface area contributed by atoms with Gasteiger partial charge in [-0.25, -0.2) is 15.0 Å². The molecule has 0 amide bonds. The molecule has 1 atom stereocenters. The summed E-state index contributed by atoms with van der Waals surface area (Å²) >= 11 is 0. The molecule has 0 saturated carbocycles. The molecular formula is C19H18N6. The second-order valence-corrected chi connectivity index (χ2v) is 5.90. The highest BCUT2D eigenvalue weighted by atomic mass is 15.3. The molecule has 1 N–H and O–H groups in total. The number of pyridine rings is 1. The number of aromatic nitrogens is 3. The van der Waals surface area contributed by atoms with Crippen LogP contribution < -0.4 is 10.2 Å². The minimum Gasteiger partial charge on any atom is -0.347 e. The molecule has 1 unspecified atom stereocenters. The predicted octanol–water partition coefficient (Wildman–Crippen LogP) is 3.19. The Morgan fingerprint density at radius 3 is 2.72 bits per heavy atom. The van der Waals surface area contributed by atoms with Crippen LogP contribution in [0.15, 0.2) is 66.0 Å². The third-order valence-electron chi connectivity index (χ3n) is 4.16. The van der Waals surface area contributed by atoms with Crippen LogP contribution in [0, 0.1) is 6.92 Å². The maximum Gasteiger partial charge on any atom is 0.166 e. The fourth-order valence-corrected chi connectivity index (χ4v) is 2.95. The fraction of sp³-hybridized carbons (Fsp3) is 0.158. The smallest absolute Gasteiger partial charge is 0.166 e. The van der Waals surface area contributed by atoms with Gasteiger partial charge in [0.15, 0.2) is 6.17 Å². The Kier molecular flexibility index (Phi) is 3.85. The van der Waals surface area contributed by atoms with Crippen LogP contribution in [0.5, 0.6) is 0 Å². The quantitative estimate of drug-likeness (QED) is 0.782. The van der Waals surface area contributed by atoms with Crippen molar-refractivity contribution in [3.8, 4) is 0 Å². The first-order valence-corrected chi connectivity index (χ1v) is 8.09. The van der Waals surface area contributed by atoms with E-state index in [9.17, 15) is 0 Å². The third-order valence-corrected chi connectivity index (χ3v) is 4.16. The average Bonchev–Trinajstić information content (AvgIpc) is 2.65. The Balaban J connectivity index is 1.80. The van der Waals surface area contributed by atoms with Crippen LogP contribution >= 0.6 is 0 Å². The van der Waals surface area contributed by atoms with Crippen molar-refractivity contribution in [1.82, 2.24) is 15.0 Å². The summed E-state index contributed by atoms with van der Waals surface area (Å²) in [6.07, 6.45) is 3.03. The first kappa shape index (κ1) is 15.3. The van der Waals surface area contributed by atoms with Gasteiger partial charge >= 0.3 is 0 Å². The highest BCUT2D eigenvalue weighted by Crippen LogP contribution is 2.34. The number of benzene rings is 1. The lowest BCUT2D eigenvalue weighted by molar-refractivity contribution is 0.673. The van der Waals surface area contributed by atoms with Crippen LogP contribution in [0.2, 0.25) is 0 Å². The molecule has 0 aliphatic carbocycles. The summed E-state index contributed by atoms with van der Waals surface area (Å²) in [7, 11) is 2.04. The van der Waals surface area contributed by atoms with Gasteiger partial charge in [-0.15, -0.1) is 0 Å². The van der Waals surface area contributed by atoms with Crippen molar-refractivity contribution in [1.29, 1.82) is 0 Å². The lowest BCUT2D eigenvalue weighted by Gasteiger charge is -2.33. The number of fused-ring (bicyclic) bond motifs is 1. The summed E-state index contributed by atoms with van der Waals surface area (Å²) in [5, 5.41) is 3.32. The van der Waals surface area contributed by atoms with Gasteiger partial charge in [0.05, 0.1) is 5.69 Å². The number of aryl methyl sites for hydroxylation is 1. The van der Waals surface area contributed by atoms with Crippen molar-refractivity contribution in [2.24, 2.45) is 4.99 Å². The number of rotatable bonds is 2. The van der Waals surface area contributed by atoms with E-state index in [0.717, 1.165) is 28.5 Å². The normalized spacial score (nSPS) is 16.2. The zero-order chi connectivity index (χ0) is 17.2. The lowest BCUT2D eigenvalue weighted by Crippen LogP contribution is -2.33. The van der Waals surface area contributed by atoms with Crippen molar-refractivity contribution >= 4 is 17.3 Å². The molecule has 1 aromatic carbocycles. The zero-order valence-corrected chi connectivity index (χ0v) is 14.1. The highest BCUT2D eigenvalue weighted by molar-refractivity contribution is 6.12. The molecule has 1 aliphatic heterocycles. The summed E-state index contributed by atoms with van der Waals surface area (Å²) in [5.41, 5.74) is 4.03. The molecule has 0 spiro atoms. The van der Waals surface area contributed by atoms with E-state index in [1.165, 1.54) is 6.33 Å². The molecule has 2 aromatic heterocycles. The van der Waals surface area contributed by atoms with Gasteiger partial charge < -0.3 is 10.2 Å². The Morgan fingerprint density at radius 1 is 1.04 bits per heavy atom. The average molecular weight is 330 g/mol. The van der Waals surface area contributed by atoms with E-state index in [1.54, 1.807) is 6.20 Å². The molecule has 25 heavy (non-hydrogen) atoms. The molecule has 124 valence electrons. The second-order valence-electron chi connectivity index (χ2n) is 5.90. The van der Waals surface area contributed by atoms with E-state index in [1.807, 2.05) is 50.4 Å². The summed E-state index contributed by atoms with van der Waals surface area (Å²) < 4.78 is 0. The zero-order valence-electron chi connectivity index (χ0n) is 14.1. The van der Waals surface area contributed by atoms with E-state index in [4.69, 9.17) is 4.99 Å². The maximum atomic E-state index is 4.92. The minimum absolute atomic E-state index is 0.195. The number of hydrogen-bond donors (Lipinski definition) is 1. The molecule has 0 saturated heterocycles. The van der Waals surface area contributed by atoms with Gasteiger partial charge in [0.1, 0.15) is 18.0 Å². The molecule has 3 aromatic rings. The SMILES string of the molecule is Cc1cccc(C2N=C(Nc3ccncn3)c3ccccc3N2C)n1. The van der Waals surface area contributed by atoms with Crippen molar-refractivity contribution in [2.75, 3.05) is 17.3 Å². The van der Waals surface area contributed by atoms with Gasteiger partial charge in [0.2, 0.25) is 0 Å². The van der Waals surface area contributed by atoms with E-state index in [2.05, 4.69) is 37.3 Å². The van der Waals surface area contributed by atoms with E-state index in [-0.39, 0.29) is 6.17 Å². The number of nitrogens with zero attached hydrogens (tertiary/aromatic N) is 5. The van der Waals surface area contributed by atoms with E-state index < -0.39 is 0 Å². The molecular weight excluding hydrogens is 312 g/mol. The van der Waals surface area contributed by atoms with Crippen LogP contribution in [0.3, 0.4) is 0 Å². The van der Waals surface area contributed by atoms with Crippen molar-refractivity contribution in [2.45, 2.75) is 13.1 Å². The van der Waals surface area contributed by atoms with Crippen molar-refractivity contribution < 1.29 is 0 Å². The molecule has 6 heteroatoms. The van der Waals surface area contributed by atoms with Crippen LogP contribution in [0.25, 0.3) is 0 Å². The molecule has 0 radical (unpaired) electrons. The first-order chi connectivity index (χ1) is 12.2. The third kappa shape index (κ3) is 2.94. The molecule has 4 rings (SSSR count). The van der Waals surface area contributed by atoms with Crippen LogP contribution in [0.1, 0.15) is 23.1 Å². The van der Waals surface area contributed by atoms with Crippen LogP contribution in [-0.2, 0) is 0 Å². The van der Waals surface area contributed by atoms with Gasteiger partial charge in [-0.2, -0.15) is 0 Å². The van der Waals surface area contributed by atoms with Crippen molar-refractivity contribution in [3.05, 3.63) is 78.0 Å². The van der Waals surface area contributed by atoms with Gasteiger partial charge in [0, 0.05) is 30.2 Å². The first-order valence-electron chi connectivity index (χ1n) is 8.09. The van der Waals surface area contributed by atoms with Gasteiger partial charge in [0.25, 0.3) is 0 Å². The van der Waals surface area contributed by atoms with Crippen LogP contribution in [0.4, 0.5) is 11.5 Å². The lowest BCUT2D eigenvalue weighted by atomic mass is 10.1. The van der Waals surface area contributed by atoms with Gasteiger partial charge in [-0.3, -0.25) is 4.98 Å². The number of para-hydroxylation sites is 1. The van der Waals surface area contributed by atoms with E-state index >= 15 is 0 Å². The number of amidine groups is 1. The summed E-state index contributed by atoms with van der Waals surface area (Å²) in [5.74, 6) is 1.49. The molecule has 6 nitrogen and oxygen atoms in total. The second kappa shape index (κ2) is 6.32. The Bertz CT molecular complexity index is 922. The maximum absolute atomic E-state index is 4.92. The fourth-order valence-electron chi connectivity index (χ4n) is 2.95. The minimum atomic E-state index is -0.195. The summed E-state index contributed by atoms with van der Waals surface area (Å²) in [4.78, 5) is 19.9. The summed E-state index contributed by atoms with van der Waals surface area (Å²) in [6.45, 7) is 1.99. The van der Waals surface area contributed by atoms with E-state index in [0.29, 0.717) is 5.82 Å². The number of nitrogens with one attached hydrogen (secondary N) is 1. The molecule has 0 fully saturated rings. The number of aliphatic imine (C=N–C) groups is 1.